The van der Waals surface area contributed by atoms with Gasteiger partial charge in [0.05, 0.1) is 25.9 Å². The van der Waals surface area contributed by atoms with Gasteiger partial charge in [-0.05, 0) is 38.7 Å². The highest BCUT2D eigenvalue weighted by Crippen LogP contribution is 2.26. The van der Waals surface area contributed by atoms with Crippen LogP contribution in [0.25, 0.3) is 5.95 Å². The Balaban J connectivity index is 1.50. The molecule has 29 heavy (non-hydrogen) atoms. The number of hydrogen-bond acceptors (Lipinski definition) is 7. The van der Waals surface area contributed by atoms with Gasteiger partial charge in [-0.15, -0.1) is 0 Å². The van der Waals surface area contributed by atoms with Gasteiger partial charge in [-0.25, -0.2) is 13.9 Å². The van der Waals surface area contributed by atoms with Gasteiger partial charge in [-0.3, -0.25) is 0 Å². The summed E-state index contributed by atoms with van der Waals surface area (Å²) in [6.45, 7) is 2.77. The zero-order chi connectivity index (χ0) is 20.4. The molecular formula is C19H25FN6O3. The predicted molar refractivity (Wildman–Crippen MR) is 103 cm³/mol. The predicted octanol–water partition coefficient (Wildman–Crippen LogP) is 2.49. The maximum Gasteiger partial charge on any atom is 0.409 e. The Morgan fingerprint density at radius 3 is 2.66 bits per heavy atom. The fourth-order valence-electron chi connectivity index (χ4n) is 3.54. The van der Waals surface area contributed by atoms with Crippen LogP contribution in [0.4, 0.5) is 15.0 Å². The summed E-state index contributed by atoms with van der Waals surface area (Å²) in [4.78, 5) is 22.1. The molecule has 2 aliphatic rings. The minimum absolute atomic E-state index is 0.161. The van der Waals surface area contributed by atoms with Gasteiger partial charge < -0.3 is 19.7 Å². The molecule has 2 aromatic rings. The Morgan fingerprint density at radius 2 is 2.00 bits per heavy atom. The highest BCUT2D eigenvalue weighted by atomic mass is 19.1. The topological polar surface area (TPSA) is 94.4 Å². The number of alkyl halides is 1. The smallest absolute Gasteiger partial charge is 0.409 e. The average Bonchev–Trinajstić information content (AvgIpc) is 3.12. The molecular weight excluding hydrogens is 379 g/mol. The van der Waals surface area contributed by atoms with Gasteiger partial charge in [0, 0.05) is 18.3 Å². The van der Waals surface area contributed by atoms with Crippen molar-refractivity contribution in [1.82, 2.24) is 24.6 Å². The number of anilines is 1. The number of aromatic nitrogens is 4. The lowest BCUT2D eigenvalue weighted by molar-refractivity contribution is 0.0160. The van der Waals surface area contributed by atoms with E-state index >= 15 is 0 Å². The number of aryl methyl sites for hydroxylation is 1. The van der Waals surface area contributed by atoms with E-state index in [0.717, 1.165) is 18.5 Å². The molecule has 1 saturated carbocycles. The van der Waals surface area contributed by atoms with Crippen molar-refractivity contribution < 1.29 is 18.7 Å². The number of likely N-dealkylation sites (tertiary alicyclic amines) is 1. The number of nitrogens with one attached hydrogen (secondary N) is 1. The van der Waals surface area contributed by atoms with Crippen LogP contribution in [0.3, 0.4) is 0 Å². The molecule has 9 nitrogen and oxygen atoms in total. The van der Waals surface area contributed by atoms with Crippen LogP contribution >= 0.6 is 0 Å². The van der Waals surface area contributed by atoms with Crippen LogP contribution in [-0.2, 0) is 4.74 Å². The second kappa shape index (κ2) is 8.22. The van der Waals surface area contributed by atoms with Crippen molar-refractivity contribution >= 4 is 11.9 Å². The molecule has 1 aliphatic carbocycles. The van der Waals surface area contributed by atoms with Crippen LogP contribution in [-0.4, -0.2) is 69.3 Å². The lowest BCUT2D eigenvalue weighted by Crippen LogP contribution is -2.56. The zero-order valence-electron chi connectivity index (χ0n) is 16.5. The van der Waals surface area contributed by atoms with Crippen molar-refractivity contribution in [3.63, 3.8) is 0 Å². The van der Waals surface area contributed by atoms with Gasteiger partial charge in [0.2, 0.25) is 5.88 Å². The normalized spacial score (nSPS) is 22.1. The molecule has 1 N–H and O–H groups in total. The van der Waals surface area contributed by atoms with E-state index in [4.69, 9.17) is 9.47 Å². The van der Waals surface area contributed by atoms with Crippen molar-refractivity contribution in [2.24, 2.45) is 0 Å². The van der Waals surface area contributed by atoms with Crippen LogP contribution in [0.15, 0.2) is 18.3 Å². The van der Waals surface area contributed by atoms with E-state index < -0.39 is 6.17 Å². The molecule has 0 spiro atoms. The second-order valence-electron chi connectivity index (χ2n) is 7.50. The Morgan fingerprint density at radius 1 is 1.24 bits per heavy atom. The molecule has 1 saturated heterocycles. The number of methoxy groups -OCH3 is 1. The van der Waals surface area contributed by atoms with Crippen molar-refractivity contribution in [3.05, 3.63) is 24.0 Å². The van der Waals surface area contributed by atoms with E-state index in [9.17, 15) is 9.18 Å². The Hall–Kier alpha value is -2.91. The molecule has 1 aliphatic heterocycles. The number of carbonyl (C=O) groups excluding carboxylic acids is 1. The first-order valence-electron chi connectivity index (χ1n) is 9.82. The van der Waals surface area contributed by atoms with Crippen molar-refractivity contribution in [2.75, 3.05) is 25.5 Å². The van der Waals surface area contributed by atoms with Gasteiger partial charge in [-0.1, -0.05) is 0 Å². The van der Waals surface area contributed by atoms with Gasteiger partial charge in [0.1, 0.15) is 18.1 Å². The van der Waals surface area contributed by atoms with E-state index in [1.165, 1.54) is 7.11 Å². The lowest BCUT2D eigenvalue weighted by Gasteiger charge is -2.37. The standard InChI is InChI=1S/C19H25FN6O3/c1-12-7-8-26(24-12)18-22-16(21-14-5-3-13(20)4-6-14)9-17(23-18)29-15-10-25(11-15)19(27)28-2/h7-9,13-15H,3-6,10-11H2,1-2H3,(H,21,22,23). The number of hydrogen-bond donors (Lipinski definition) is 1. The van der Waals surface area contributed by atoms with Crippen LogP contribution in [0.1, 0.15) is 31.4 Å². The molecule has 0 unspecified atom stereocenters. The number of amides is 1. The molecule has 3 heterocycles. The minimum atomic E-state index is -0.712. The fourth-order valence-corrected chi connectivity index (χ4v) is 3.54. The first-order chi connectivity index (χ1) is 14.0. The summed E-state index contributed by atoms with van der Waals surface area (Å²) in [6, 6.07) is 3.77. The van der Waals surface area contributed by atoms with E-state index in [1.54, 1.807) is 21.8 Å². The summed E-state index contributed by atoms with van der Waals surface area (Å²) in [5.74, 6) is 1.41. The van der Waals surface area contributed by atoms with Gasteiger partial charge in [0.25, 0.3) is 5.95 Å². The fraction of sp³-hybridized carbons (Fsp3) is 0.579. The number of ether oxygens (including phenoxy) is 2. The van der Waals surface area contributed by atoms with Gasteiger partial charge in [0.15, 0.2) is 0 Å². The molecule has 0 aromatic carbocycles. The maximum absolute atomic E-state index is 13.4. The van der Waals surface area contributed by atoms with Gasteiger partial charge in [-0.2, -0.15) is 15.1 Å². The van der Waals surface area contributed by atoms with E-state index in [-0.39, 0.29) is 18.2 Å². The Labute approximate surface area is 168 Å². The maximum atomic E-state index is 13.4. The number of carbonyl (C=O) groups is 1. The highest BCUT2D eigenvalue weighted by molar-refractivity contribution is 5.68. The molecule has 156 valence electrons. The van der Waals surface area contributed by atoms with Crippen LogP contribution in [0.2, 0.25) is 0 Å². The summed E-state index contributed by atoms with van der Waals surface area (Å²) in [5.41, 5.74) is 0.850. The third-order valence-electron chi connectivity index (χ3n) is 5.20. The molecule has 0 radical (unpaired) electrons. The monoisotopic (exact) mass is 404 g/mol. The minimum Gasteiger partial charge on any atom is -0.470 e. The lowest BCUT2D eigenvalue weighted by atomic mass is 9.94. The second-order valence-corrected chi connectivity index (χ2v) is 7.50. The zero-order valence-corrected chi connectivity index (χ0v) is 16.5. The molecule has 1 amide bonds. The molecule has 10 heteroatoms. The van der Waals surface area contributed by atoms with Gasteiger partial charge >= 0.3 is 6.09 Å². The van der Waals surface area contributed by atoms with Crippen molar-refractivity contribution in [1.29, 1.82) is 0 Å². The summed E-state index contributed by atoms with van der Waals surface area (Å²) in [7, 11) is 1.35. The number of nitrogens with zero attached hydrogens (tertiary/aromatic N) is 5. The number of halogens is 1. The molecule has 0 bridgehead atoms. The molecule has 0 atom stereocenters. The Kier molecular flexibility index (Phi) is 5.50. The van der Waals surface area contributed by atoms with Crippen molar-refractivity contribution in [2.45, 2.75) is 50.9 Å². The quantitative estimate of drug-likeness (QED) is 0.818. The Bertz CT molecular complexity index is 861. The molecule has 4 rings (SSSR count). The van der Waals surface area contributed by atoms with Crippen LogP contribution < -0.4 is 10.1 Å². The van der Waals surface area contributed by atoms with E-state index in [1.807, 2.05) is 13.0 Å². The van der Waals surface area contributed by atoms with E-state index in [2.05, 4.69) is 20.4 Å². The SMILES string of the molecule is COC(=O)N1CC(Oc2cc(NC3CCC(F)CC3)nc(-n3ccc(C)n3)n2)C1. The molecule has 2 fully saturated rings. The number of rotatable bonds is 5. The largest absolute Gasteiger partial charge is 0.470 e. The highest BCUT2D eigenvalue weighted by Gasteiger charge is 2.33. The van der Waals surface area contributed by atoms with Crippen LogP contribution in [0.5, 0.6) is 5.88 Å². The van der Waals surface area contributed by atoms with Crippen LogP contribution in [0, 0.1) is 6.92 Å². The summed E-state index contributed by atoms with van der Waals surface area (Å²) in [5, 5.41) is 7.75. The first kappa shape index (κ1) is 19.4. The molecule has 2 aromatic heterocycles. The average molecular weight is 404 g/mol. The third-order valence-corrected chi connectivity index (χ3v) is 5.20. The summed E-state index contributed by atoms with van der Waals surface area (Å²) in [6.07, 6.45) is 3.18. The third kappa shape index (κ3) is 4.57. The summed E-state index contributed by atoms with van der Waals surface area (Å²) >= 11 is 0. The first-order valence-corrected chi connectivity index (χ1v) is 9.82. The van der Waals surface area contributed by atoms with E-state index in [0.29, 0.717) is 43.6 Å². The summed E-state index contributed by atoms with van der Waals surface area (Å²) < 4.78 is 25.7. The van der Waals surface area contributed by atoms with Crippen molar-refractivity contribution in [3.8, 4) is 11.8 Å².